The van der Waals surface area contributed by atoms with Gasteiger partial charge in [-0.1, -0.05) is 18.2 Å². The van der Waals surface area contributed by atoms with Gasteiger partial charge >= 0.3 is 0 Å². The van der Waals surface area contributed by atoms with Crippen LogP contribution in [0.15, 0.2) is 42.5 Å². The molecule has 3 nitrogen and oxygen atoms in total. The second-order valence-electron chi connectivity index (χ2n) is 5.04. The van der Waals surface area contributed by atoms with E-state index in [9.17, 15) is 9.50 Å². The molecule has 0 saturated carbocycles. The molecule has 0 saturated heterocycles. The SMILES string of the molecule is Cc1cccc(OCCNC(C)c2ccc(F)cc2O)c1. The van der Waals surface area contributed by atoms with E-state index in [0.29, 0.717) is 18.7 Å². The van der Waals surface area contributed by atoms with Crippen LogP contribution in [0.2, 0.25) is 0 Å². The lowest BCUT2D eigenvalue weighted by Crippen LogP contribution is -2.24. The van der Waals surface area contributed by atoms with Crippen molar-refractivity contribution in [2.75, 3.05) is 13.2 Å². The minimum Gasteiger partial charge on any atom is -0.508 e. The fourth-order valence-electron chi connectivity index (χ4n) is 2.14. The molecule has 0 bridgehead atoms. The molecule has 0 radical (unpaired) electrons. The quantitative estimate of drug-likeness (QED) is 0.799. The summed E-state index contributed by atoms with van der Waals surface area (Å²) in [6.45, 7) is 5.09. The standard InChI is InChI=1S/C17H20FNO2/c1-12-4-3-5-15(10-12)21-9-8-19-13(2)16-7-6-14(18)11-17(16)20/h3-7,10-11,13,19-20H,8-9H2,1-2H3. The lowest BCUT2D eigenvalue weighted by atomic mass is 10.1. The Bertz CT molecular complexity index is 601. The predicted octanol–water partition coefficient (Wildman–Crippen LogP) is 3.57. The molecule has 0 aliphatic heterocycles. The summed E-state index contributed by atoms with van der Waals surface area (Å²) in [5, 5.41) is 13.0. The molecule has 0 heterocycles. The van der Waals surface area contributed by atoms with Crippen LogP contribution in [0.1, 0.15) is 24.1 Å². The lowest BCUT2D eigenvalue weighted by Gasteiger charge is -2.16. The topological polar surface area (TPSA) is 41.5 Å². The molecule has 2 N–H and O–H groups in total. The van der Waals surface area contributed by atoms with Gasteiger partial charge in [-0.2, -0.15) is 0 Å². The highest BCUT2D eigenvalue weighted by molar-refractivity contribution is 5.34. The summed E-state index contributed by atoms with van der Waals surface area (Å²) in [6, 6.07) is 11.8. The molecule has 0 spiro atoms. The molecule has 4 heteroatoms. The van der Waals surface area contributed by atoms with Gasteiger partial charge in [-0.3, -0.25) is 0 Å². The van der Waals surface area contributed by atoms with Crippen molar-refractivity contribution < 1.29 is 14.2 Å². The number of hydrogen-bond acceptors (Lipinski definition) is 3. The maximum atomic E-state index is 12.9. The van der Waals surface area contributed by atoms with E-state index in [1.807, 2.05) is 38.1 Å². The summed E-state index contributed by atoms with van der Waals surface area (Å²) in [6.07, 6.45) is 0. The summed E-state index contributed by atoms with van der Waals surface area (Å²) in [4.78, 5) is 0. The van der Waals surface area contributed by atoms with Crippen LogP contribution in [-0.2, 0) is 0 Å². The van der Waals surface area contributed by atoms with E-state index in [1.165, 1.54) is 6.07 Å². The first-order chi connectivity index (χ1) is 10.1. The molecular formula is C17H20FNO2. The van der Waals surface area contributed by atoms with Gasteiger partial charge in [0, 0.05) is 24.2 Å². The Morgan fingerprint density at radius 1 is 1.24 bits per heavy atom. The van der Waals surface area contributed by atoms with E-state index in [0.717, 1.165) is 17.4 Å². The molecule has 2 aromatic carbocycles. The number of rotatable bonds is 6. The Morgan fingerprint density at radius 3 is 2.76 bits per heavy atom. The molecule has 2 aromatic rings. The molecule has 0 amide bonds. The van der Waals surface area contributed by atoms with Crippen LogP contribution in [0.4, 0.5) is 4.39 Å². The molecule has 1 unspecified atom stereocenters. The van der Waals surface area contributed by atoms with Crippen LogP contribution in [0.3, 0.4) is 0 Å². The molecular weight excluding hydrogens is 269 g/mol. The summed E-state index contributed by atoms with van der Waals surface area (Å²) in [7, 11) is 0. The van der Waals surface area contributed by atoms with Crippen LogP contribution in [0.5, 0.6) is 11.5 Å². The average molecular weight is 289 g/mol. The van der Waals surface area contributed by atoms with Gasteiger partial charge in [0.25, 0.3) is 0 Å². The highest BCUT2D eigenvalue weighted by Gasteiger charge is 2.10. The number of phenols is 1. The number of phenolic OH excluding ortho intramolecular Hbond substituents is 1. The third-order valence-corrected chi connectivity index (χ3v) is 3.27. The Kier molecular flexibility index (Phi) is 5.17. The molecule has 0 aliphatic carbocycles. The molecule has 112 valence electrons. The molecule has 2 rings (SSSR count). The zero-order valence-corrected chi connectivity index (χ0v) is 12.3. The summed E-state index contributed by atoms with van der Waals surface area (Å²) < 4.78 is 18.6. The van der Waals surface area contributed by atoms with E-state index in [4.69, 9.17) is 4.74 Å². The maximum absolute atomic E-state index is 12.9. The van der Waals surface area contributed by atoms with Crippen molar-refractivity contribution in [2.45, 2.75) is 19.9 Å². The van der Waals surface area contributed by atoms with E-state index < -0.39 is 5.82 Å². The Morgan fingerprint density at radius 2 is 2.05 bits per heavy atom. The van der Waals surface area contributed by atoms with Gasteiger partial charge in [-0.25, -0.2) is 4.39 Å². The number of aryl methyl sites for hydroxylation is 1. The normalized spacial score (nSPS) is 12.1. The van der Waals surface area contributed by atoms with Crippen molar-refractivity contribution >= 4 is 0 Å². The first kappa shape index (κ1) is 15.3. The number of halogens is 1. The third-order valence-electron chi connectivity index (χ3n) is 3.27. The number of hydrogen-bond donors (Lipinski definition) is 2. The average Bonchev–Trinajstić information content (AvgIpc) is 2.43. The fraction of sp³-hybridized carbons (Fsp3) is 0.294. The molecule has 21 heavy (non-hydrogen) atoms. The minimum atomic E-state index is -0.439. The van der Waals surface area contributed by atoms with Crippen molar-refractivity contribution in [3.8, 4) is 11.5 Å². The molecule has 0 aliphatic rings. The van der Waals surface area contributed by atoms with E-state index in [2.05, 4.69) is 5.32 Å². The van der Waals surface area contributed by atoms with Crippen LogP contribution < -0.4 is 10.1 Å². The van der Waals surface area contributed by atoms with E-state index in [-0.39, 0.29) is 11.8 Å². The van der Waals surface area contributed by atoms with E-state index >= 15 is 0 Å². The van der Waals surface area contributed by atoms with E-state index in [1.54, 1.807) is 6.07 Å². The lowest BCUT2D eigenvalue weighted by molar-refractivity contribution is 0.306. The van der Waals surface area contributed by atoms with Crippen molar-refractivity contribution in [1.82, 2.24) is 5.32 Å². The monoisotopic (exact) mass is 289 g/mol. The number of nitrogens with one attached hydrogen (secondary N) is 1. The second-order valence-corrected chi connectivity index (χ2v) is 5.04. The minimum absolute atomic E-state index is 0.0328. The molecule has 1 atom stereocenters. The zero-order chi connectivity index (χ0) is 15.2. The van der Waals surface area contributed by atoms with Crippen molar-refractivity contribution in [3.05, 3.63) is 59.4 Å². The van der Waals surface area contributed by atoms with Crippen LogP contribution in [0, 0.1) is 12.7 Å². The highest BCUT2D eigenvalue weighted by Crippen LogP contribution is 2.24. The van der Waals surface area contributed by atoms with Crippen molar-refractivity contribution in [3.63, 3.8) is 0 Å². The van der Waals surface area contributed by atoms with Crippen LogP contribution in [0.25, 0.3) is 0 Å². The van der Waals surface area contributed by atoms with Crippen LogP contribution in [-0.4, -0.2) is 18.3 Å². The second kappa shape index (κ2) is 7.09. The smallest absolute Gasteiger partial charge is 0.126 e. The van der Waals surface area contributed by atoms with Crippen molar-refractivity contribution in [1.29, 1.82) is 0 Å². The summed E-state index contributed by atoms with van der Waals surface area (Å²) in [5.74, 6) is 0.370. The summed E-state index contributed by atoms with van der Waals surface area (Å²) in [5.41, 5.74) is 1.83. The molecule has 0 fully saturated rings. The summed E-state index contributed by atoms with van der Waals surface area (Å²) >= 11 is 0. The maximum Gasteiger partial charge on any atom is 0.126 e. The first-order valence-corrected chi connectivity index (χ1v) is 6.97. The first-order valence-electron chi connectivity index (χ1n) is 6.97. The Hall–Kier alpha value is -2.07. The predicted molar refractivity (Wildman–Crippen MR) is 81.2 cm³/mol. The largest absolute Gasteiger partial charge is 0.508 e. The highest BCUT2D eigenvalue weighted by atomic mass is 19.1. The molecule has 0 aromatic heterocycles. The van der Waals surface area contributed by atoms with Crippen LogP contribution >= 0.6 is 0 Å². The fourth-order valence-corrected chi connectivity index (χ4v) is 2.14. The van der Waals surface area contributed by atoms with Crippen molar-refractivity contribution in [2.24, 2.45) is 0 Å². The van der Waals surface area contributed by atoms with Gasteiger partial charge in [0.15, 0.2) is 0 Å². The zero-order valence-electron chi connectivity index (χ0n) is 12.3. The third kappa shape index (κ3) is 4.46. The number of ether oxygens (including phenoxy) is 1. The Balaban J connectivity index is 1.80. The van der Waals surface area contributed by atoms with Gasteiger partial charge in [-0.15, -0.1) is 0 Å². The number of benzene rings is 2. The number of aromatic hydroxyl groups is 1. The van der Waals surface area contributed by atoms with Gasteiger partial charge < -0.3 is 15.2 Å². The van der Waals surface area contributed by atoms with Gasteiger partial charge in [0.05, 0.1) is 0 Å². The van der Waals surface area contributed by atoms with Gasteiger partial charge in [0.1, 0.15) is 23.9 Å². The van der Waals surface area contributed by atoms with Gasteiger partial charge in [-0.05, 0) is 37.6 Å². The Labute approximate surface area is 124 Å². The van der Waals surface area contributed by atoms with Gasteiger partial charge in [0.2, 0.25) is 0 Å².